The van der Waals surface area contributed by atoms with Gasteiger partial charge >= 0.3 is 0 Å². The Labute approximate surface area is 311 Å². The number of fused-ring (bicyclic) bond motifs is 1. The van der Waals surface area contributed by atoms with E-state index < -0.39 is 0 Å². The van der Waals surface area contributed by atoms with E-state index >= 15 is 0 Å². The van der Waals surface area contributed by atoms with Crippen molar-refractivity contribution in [1.29, 1.82) is 0 Å². The van der Waals surface area contributed by atoms with Crippen LogP contribution in [0.25, 0.3) is 66.4 Å². The molecule has 250 valence electrons. The first-order chi connectivity index (χ1) is 26.2. The summed E-state index contributed by atoms with van der Waals surface area (Å²) in [5.41, 5.74) is 15.4. The van der Waals surface area contributed by atoms with Gasteiger partial charge in [0.05, 0.1) is 0 Å². The van der Waals surface area contributed by atoms with Crippen LogP contribution in [-0.2, 0) is 0 Å². The van der Waals surface area contributed by atoms with Crippen molar-refractivity contribution in [3.63, 3.8) is 0 Å². The molecule has 0 N–H and O–H groups in total. The predicted molar refractivity (Wildman–Crippen MR) is 226 cm³/mol. The van der Waals surface area contributed by atoms with Crippen molar-refractivity contribution in [3.8, 4) is 55.6 Å². The Morgan fingerprint density at radius 3 is 1.13 bits per heavy atom. The van der Waals surface area contributed by atoms with Crippen LogP contribution >= 0.6 is 0 Å². The molecule has 0 unspecified atom stereocenters. The van der Waals surface area contributed by atoms with Gasteiger partial charge in [0.2, 0.25) is 0 Å². The van der Waals surface area contributed by atoms with Crippen LogP contribution in [0.4, 0.5) is 17.1 Å². The second kappa shape index (κ2) is 14.3. The molecule has 1 nitrogen and oxygen atoms in total. The molecule has 9 aromatic carbocycles. The van der Waals surface area contributed by atoms with Gasteiger partial charge in [0.15, 0.2) is 0 Å². The summed E-state index contributed by atoms with van der Waals surface area (Å²) in [7, 11) is 0. The summed E-state index contributed by atoms with van der Waals surface area (Å²) in [5, 5.41) is 2.51. The normalized spacial score (nSPS) is 11.0. The standard InChI is InChI=1S/C52H37N/c1-3-11-38(12-4-1)41-21-23-42(24-22-41)43-27-31-50(32-28-43)53(52-20-10-19-48(37-52)39-13-5-2-6-14-39)51-33-29-44(30-34-51)46-17-9-18-47(35-46)49-26-25-40-15-7-8-16-45(40)36-49/h1-37H. The molecule has 0 aliphatic rings. The van der Waals surface area contributed by atoms with Crippen molar-refractivity contribution in [2.45, 2.75) is 0 Å². The second-order valence-electron chi connectivity index (χ2n) is 13.4. The van der Waals surface area contributed by atoms with Crippen molar-refractivity contribution in [3.05, 3.63) is 224 Å². The van der Waals surface area contributed by atoms with Gasteiger partial charge in [0.1, 0.15) is 0 Å². The number of rotatable bonds is 8. The first-order valence-corrected chi connectivity index (χ1v) is 18.2. The molecule has 9 rings (SSSR count). The lowest BCUT2D eigenvalue weighted by molar-refractivity contribution is 1.28. The van der Waals surface area contributed by atoms with E-state index in [1.807, 2.05) is 0 Å². The zero-order chi connectivity index (χ0) is 35.4. The van der Waals surface area contributed by atoms with Crippen LogP contribution in [0, 0.1) is 0 Å². The van der Waals surface area contributed by atoms with Crippen LogP contribution < -0.4 is 4.90 Å². The third-order valence-electron chi connectivity index (χ3n) is 10.1. The minimum absolute atomic E-state index is 1.10. The largest absolute Gasteiger partial charge is 0.310 e. The van der Waals surface area contributed by atoms with E-state index in [1.165, 1.54) is 66.4 Å². The third kappa shape index (κ3) is 6.77. The van der Waals surface area contributed by atoms with E-state index in [1.54, 1.807) is 0 Å². The van der Waals surface area contributed by atoms with Gasteiger partial charge in [0.25, 0.3) is 0 Å². The Morgan fingerprint density at radius 2 is 0.547 bits per heavy atom. The fraction of sp³-hybridized carbons (Fsp3) is 0. The topological polar surface area (TPSA) is 3.24 Å². The van der Waals surface area contributed by atoms with Gasteiger partial charge in [0, 0.05) is 17.1 Å². The number of anilines is 3. The Bertz CT molecular complexity index is 2620. The van der Waals surface area contributed by atoms with Crippen LogP contribution in [0.2, 0.25) is 0 Å². The van der Waals surface area contributed by atoms with E-state index in [-0.39, 0.29) is 0 Å². The first kappa shape index (κ1) is 32.0. The minimum Gasteiger partial charge on any atom is -0.310 e. The van der Waals surface area contributed by atoms with Gasteiger partial charge in [-0.2, -0.15) is 0 Å². The molecule has 9 aromatic rings. The Hall–Kier alpha value is -6.96. The highest BCUT2D eigenvalue weighted by Crippen LogP contribution is 2.39. The van der Waals surface area contributed by atoms with Crippen molar-refractivity contribution in [2.24, 2.45) is 0 Å². The Kier molecular flexibility index (Phi) is 8.66. The third-order valence-corrected chi connectivity index (χ3v) is 10.1. The van der Waals surface area contributed by atoms with E-state index in [0.29, 0.717) is 0 Å². The number of hydrogen-bond acceptors (Lipinski definition) is 1. The fourth-order valence-electron chi connectivity index (χ4n) is 7.24. The Morgan fingerprint density at radius 1 is 0.189 bits per heavy atom. The molecule has 0 aromatic heterocycles. The summed E-state index contributed by atoms with van der Waals surface area (Å²) in [5.74, 6) is 0. The maximum Gasteiger partial charge on any atom is 0.0467 e. The quantitative estimate of drug-likeness (QED) is 0.155. The lowest BCUT2D eigenvalue weighted by Crippen LogP contribution is -2.10. The maximum atomic E-state index is 2.35. The summed E-state index contributed by atoms with van der Waals surface area (Å²) in [6, 6.07) is 80.8. The average molecular weight is 676 g/mol. The molecular formula is C52H37N. The molecule has 0 aliphatic carbocycles. The van der Waals surface area contributed by atoms with Crippen LogP contribution in [0.1, 0.15) is 0 Å². The molecule has 0 fully saturated rings. The molecule has 0 radical (unpaired) electrons. The SMILES string of the molecule is c1ccc(-c2ccc(-c3ccc(N(c4ccc(-c5cccc(-c6ccc7ccccc7c6)c5)cc4)c4cccc(-c5ccccc5)c4)cc3)cc2)cc1. The van der Waals surface area contributed by atoms with Gasteiger partial charge in [-0.05, 0) is 115 Å². The lowest BCUT2D eigenvalue weighted by atomic mass is 9.97. The summed E-state index contributed by atoms with van der Waals surface area (Å²) in [4.78, 5) is 2.35. The van der Waals surface area contributed by atoms with Gasteiger partial charge in [-0.1, -0.05) is 176 Å². The van der Waals surface area contributed by atoms with Crippen molar-refractivity contribution in [1.82, 2.24) is 0 Å². The molecule has 0 amide bonds. The minimum atomic E-state index is 1.10. The van der Waals surface area contributed by atoms with Gasteiger partial charge < -0.3 is 4.90 Å². The van der Waals surface area contributed by atoms with E-state index in [2.05, 4.69) is 229 Å². The second-order valence-corrected chi connectivity index (χ2v) is 13.4. The van der Waals surface area contributed by atoms with Gasteiger partial charge in [-0.15, -0.1) is 0 Å². The zero-order valence-corrected chi connectivity index (χ0v) is 29.3. The van der Waals surface area contributed by atoms with Gasteiger partial charge in [-0.3, -0.25) is 0 Å². The summed E-state index contributed by atoms with van der Waals surface area (Å²) in [6.07, 6.45) is 0. The van der Waals surface area contributed by atoms with Crippen molar-refractivity contribution in [2.75, 3.05) is 4.90 Å². The molecule has 0 atom stereocenters. The van der Waals surface area contributed by atoms with Gasteiger partial charge in [-0.25, -0.2) is 0 Å². The molecular weight excluding hydrogens is 639 g/mol. The van der Waals surface area contributed by atoms with Crippen molar-refractivity contribution < 1.29 is 0 Å². The highest BCUT2D eigenvalue weighted by molar-refractivity contribution is 5.88. The van der Waals surface area contributed by atoms with Crippen LogP contribution in [0.3, 0.4) is 0 Å². The number of hydrogen-bond donors (Lipinski definition) is 0. The fourth-order valence-corrected chi connectivity index (χ4v) is 7.24. The smallest absolute Gasteiger partial charge is 0.0467 e. The summed E-state index contributed by atoms with van der Waals surface area (Å²) < 4.78 is 0. The van der Waals surface area contributed by atoms with E-state index in [9.17, 15) is 0 Å². The van der Waals surface area contributed by atoms with Crippen LogP contribution in [0.15, 0.2) is 224 Å². The zero-order valence-electron chi connectivity index (χ0n) is 29.3. The molecule has 0 spiro atoms. The monoisotopic (exact) mass is 675 g/mol. The van der Waals surface area contributed by atoms with E-state index in [0.717, 1.165) is 17.1 Å². The maximum absolute atomic E-state index is 2.35. The average Bonchev–Trinajstić information content (AvgIpc) is 3.25. The van der Waals surface area contributed by atoms with Crippen molar-refractivity contribution >= 4 is 27.8 Å². The molecule has 53 heavy (non-hydrogen) atoms. The Balaban J connectivity index is 1.05. The molecule has 0 saturated heterocycles. The predicted octanol–water partition coefficient (Wildman–Crippen LogP) is 14.6. The first-order valence-electron chi connectivity index (χ1n) is 18.2. The molecule has 1 heteroatoms. The summed E-state index contributed by atoms with van der Waals surface area (Å²) >= 11 is 0. The molecule has 0 aliphatic heterocycles. The lowest BCUT2D eigenvalue weighted by Gasteiger charge is -2.26. The van der Waals surface area contributed by atoms with E-state index in [4.69, 9.17) is 0 Å². The molecule has 0 saturated carbocycles. The highest BCUT2D eigenvalue weighted by atomic mass is 15.1. The van der Waals surface area contributed by atoms with Crippen LogP contribution in [-0.4, -0.2) is 0 Å². The molecule has 0 bridgehead atoms. The molecule has 0 heterocycles. The number of benzene rings is 9. The summed E-state index contributed by atoms with van der Waals surface area (Å²) in [6.45, 7) is 0. The van der Waals surface area contributed by atoms with Crippen LogP contribution in [0.5, 0.6) is 0 Å². The highest BCUT2D eigenvalue weighted by Gasteiger charge is 2.15. The number of nitrogens with zero attached hydrogens (tertiary/aromatic N) is 1.